The second-order valence-electron chi connectivity index (χ2n) is 6.89. The van der Waals surface area contributed by atoms with Crippen molar-refractivity contribution < 1.29 is 13.2 Å². The molecule has 142 valence electrons. The van der Waals surface area contributed by atoms with Gasteiger partial charge in [0, 0.05) is 25.0 Å². The molecule has 0 unspecified atom stereocenters. The number of nitrogens with zero attached hydrogens (tertiary/aromatic N) is 3. The molecule has 3 aromatic rings. The summed E-state index contributed by atoms with van der Waals surface area (Å²) >= 11 is 0. The summed E-state index contributed by atoms with van der Waals surface area (Å²) in [5.74, 6) is 0.822. The van der Waals surface area contributed by atoms with Gasteiger partial charge >= 0.3 is 0 Å². The van der Waals surface area contributed by atoms with Crippen LogP contribution in [0.2, 0.25) is 0 Å². The molecule has 1 aliphatic heterocycles. The van der Waals surface area contributed by atoms with Crippen LogP contribution in [0.25, 0.3) is 11.0 Å². The molecule has 0 radical (unpaired) electrons. The van der Waals surface area contributed by atoms with Crippen LogP contribution < -0.4 is 5.32 Å². The van der Waals surface area contributed by atoms with E-state index in [0.29, 0.717) is 31.8 Å². The number of ether oxygens (including phenoxy) is 1. The normalized spacial score (nSPS) is 17.2. The second-order valence-corrected chi connectivity index (χ2v) is 8.91. The molecule has 1 atom stereocenters. The maximum absolute atomic E-state index is 11.8. The quantitative estimate of drug-likeness (QED) is 0.722. The predicted octanol–water partition coefficient (Wildman–Crippen LogP) is 2.00. The molecule has 0 amide bonds. The maximum Gasteiger partial charge on any atom is 0.175 e. The van der Waals surface area contributed by atoms with Crippen molar-refractivity contribution in [2.24, 2.45) is 0 Å². The monoisotopic (exact) mass is 386 g/mol. The molecule has 0 fully saturated rings. The standard InChI is InChI=1S/C19H22N4O3S/c1-13-4-3-5-14(21-13)9-20-10-15-11-26-12-19-22-17-8-16(27(2,24)25)6-7-18(17)23(15)19/h3-8,15,20H,9-12H2,1-2H3/t15-/m0/s1. The van der Waals surface area contributed by atoms with E-state index in [1.54, 1.807) is 12.1 Å². The number of aryl methyl sites for hydroxylation is 1. The summed E-state index contributed by atoms with van der Waals surface area (Å²) in [6.07, 6.45) is 1.21. The third-order valence-corrected chi connectivity index (χ3v) is 5.81. The van der Waals surface area contributed by atoms with Crippen molar-refractivity contribution in [1.82, 2.24) is 19.9 Å². The lowest BCUT2D eigenvalue weighted by atomic mass is 10.2. The fourth-order valence-electron chi connectivity index (χ4n) is 3.44. The number of imidazole rings is 1. The zero-order valence-electron chi connectivity index (χ0n) is 15.3. The number of pyridine rings is 1. The molecule has 27 heavy (non-hydrogen) atoms. The second kappa shape index (κ2) is 7.03. The SMILES string of the molecule is Cc1cccc(CNC[C@H]2COCc3nc4cc(S(C)(=O)=O)ccc4n32)n1. The van der Waals surface area contributed by atoms with Crippen molar-refractivity contribution in [2.75, 3.05) is 19.4 Å². The summed E-state index contributed by atoms with van der Waals surface area (Å²) in [6, 6.07) is 11.2. The predicted molar refractivity (Wildman–Crippen MR) is 102 cm³/mol. The molecule has 2 aromatic heterocycles. The smallest absolute Gasteiger partial charge is 0.175 e. The van der Waals surface area contributed by atoms with E-state index in [2.05, 4.69) is 19.9 Å². The largest absolute Gasteiger partial charge is 0.371 e. The number of nitrogens with one attached hydrogen (secondary N) is 1. The number of benzene rings is 1. The Morgan fingerprint density at radius 2 is 2.11 bits per heavy atom. The van der Waals surface area contributed by atoms with E-state index in [1.165, 1.54) is 6.26 Å². The van der Waals surface area contributed by atoms with Gasteiger partial charge in [-0.1, -0.05) is 6.07 Å². The Morgan fingerprint density at radius 3 is 2.89 bits per heavy atom. The molecule has 1 aromatic carbocycles. The number of sulfone groups is 1. The molecule has 3 heterocycles. The number of aromatic nitrogens is 3. The number of fused-ring (bicyclic) bond motifs is 3. The Labute approximate surface area is 158 Å². The first-order valence-electron chi connectivity index (χ1n) is 8.84. The molecular weight excluding hydrogens is 364 g/mol. The van der Waals surface area contributed by atoms with Gasteiger partial charge in [-0.05, 0) is 37.3 Å². The molecule has 0 saturated carbocycles. The topological polar surface area (TPSA) is 86.1 Å². The van der Waals surface area contributed by atoms with Gasteiger partial charge in [-0.3, -0.25) is 4.98 Å². The molecule has 0 spiro atoms. The van der Waals surface area contributed by atoms with E-state index in [4.69, 9.17) is 4.74 Å². The van der Waals surface area contributed by atoms with Gasteiger partial charge < -0.3 is 14.6 Å². The van der Waals surface area contributed by atoms with E-state index < -0.39 is 9.84 Å². The van der Waals surface area contributed by atoms with Gasteiger partial charge in [-0.25, -0.2) is 13.4 Å². The average Bonchev–Trinajstić information content (AvgIpc) is 2.99. The van der Waals surface area contributed by atoms with E-state index in [-0.39, 0.29) is 10.9 Å². The highest BCUT2D eigenvalue weighted by Gasteiger charge is 2.24. The minimum atomic E-state index is -3.26. The summed E-state index contributed by atoms with van der Waals surface area (Å²) in [5, 5.41) is 3.44. The van der Waals surface area contributed by atoms with Crippen LogP contribution in [0.5, 0.6) is 0 Å². The van der Waals surface area contributed by atoms with Crippen LogP contribution in [0.3, 0.4) is 0 Å². The van der Waals surface area contributed by atoms with E-state index in [0.717, 1.165) is 22.7 Å². The van der Waals surface area contributed by atoms with Gasteiger partial charge in [0.15, 0.2) is 9.84 Å². The Hall–Kier alpha value is -2.29. The summed E-state index contributed by atoms with van der Waals surface area (Å²) < 4.78 is 31.5. The molecule has 1 aliphatic rings. The Morgan fingerprint density at radius 1 is 1.26 bits per heavy atom. The van der Waals surface area contributed by atoms with Crippen LogP contribution in [-0.4, -0.2) is 42.4 Å². The van der Waals surface area contributed by atoms with Crippen molar-refractivity contribution in [1.29, 1.82) is 0 Å². The van der Waals surface area contributed by atoms with Gasteiger partial charge in [0.05, 0.1) is 34.3 Å². The lowest BCUT2D eigenvalue weighted by molar-refractivity contribution is 0.0564. The first-order valence-corrected chi connectivity index (χ1v) is 10.7. The Bertz CT molecular complexity index is 1090. The van der Waals surface area contributed by atoms with Crippen LogP contribution in [0.15, 0.2) is 41.3 Å². The average molecular weight is 386 g/mol. The number of rotatable bonds is 5. The van der Waals surface area contributed by atoms with Gasteiger partial charge in [-0.15, -0.1) is 0 Å². The van der Waals surface area contributed by atoms with Crippen molar-refractivity contribution in [3.63, 3.8) is 0 Å². The highest BCUT2D eigenvalue weighted by atomic mass is 32.2. The lowest BCUT2D eigenvalue weighted by Gasteiger charge is -2.26. The van der Waals surface area contributed by atoms with Crippen LogP contribution >= 0.6 is 0 Å². The van der Waals surface area contributed by atoms with E-state index in [1.807, 2.05) is 31.2 Å². The number of hydrogen-bond donors (Lipinski definition) is 1. The Kier molecular flexibility index (Phi) is 4.71. The molecule has 4 rings (SSSR count). The zero-order valence-corrected chi connectivity index (χ0v) is 16.2. The van der Waals surface area contributed by atoms with E-state index in [9.17, 15) is 8.42 Å². The van der Waals surface area contributed by atoms with Crippen LogP contribution in [0.1, 0.15) is 23.3 Å². The van der Waals surface area contributed by atoms with Gasteiger partial charge in [-0.2, -0.15) is 0 Å². The highest BCUT2D eigenvalue weighted by Crippen LogP contribution is 2.27. The van der Waals surface area contributed by atoms with E-state index >= 15 is 0 Å². The first kappa shape index (κ1) is 18.1. The first-order chi connectivity index (χ1) is 12.9. The molecule has 8 heteroatoms. The molecular formula is C19H22N4O3S. The van der Waals surface area contributed by atoms with Crippen molar-refractivity contribution >= 4 is 20.9 Å². The molecule has 0 aliphatic carbocycles. The zero-order chi connectivity index (χ0) is 19.0. The van der Waals surface area contributed by atoms with Crippen LogP contribution in [-0.2, 0) is 27.7 Å². The molecule has 1 N–H and O–H groups in total. The van der Waals surface area contributed by atoms with Crippen molar-refractivity contribution in [2.45, 2.75) is 31.0 Å². The summed E-state index contributed by atoms with van der Waals surface area (Å²) in [5.41, 5.74) is 3.62. The van der Waals surface area contributed by atoms with Crippen LogP contribution in [0, 0.1) is 6.92 Å². The third-order valence-electron chi connectivity index (χ3n) is 4.70. The minimum absolute atomic E-state index is 0.0904. The lowest BCUT2D eigenvalue weighted by Crippen LogP contribution is -2.32. The van der Waals surface area contributed by atoms with Crippen molar-refractivity contribution in [3.8, 4) is 0 Å². The van der Waals surface area contributed by atoms with Crippen LogP contribution in [0.4, 0.5) is 0 Å². The van der Waals surface area contributed by atoms with Gasteiger partial charge in [0.2, 0.25) is 0 Å². The summed E-state index contributed by atoms with van der Waals surface area (Å²) in [6.45, 7) is 4.38. The van der Waals surface area contributed by atoms with Crippen molar-refractivity contribution in [3.05, 3.63) is 53.6 Å². The highest BCUT2D eigenvalue weighted by molar-refractivity contribution is 7.90. The number of hydrogen-bond acceptors (Lipinski definition) is 6. The summed E-state index contributed by atoms with van der Waals surface area (Å²) in [4.78, 5) is 9.38. The molecule has 0 bridgehead atoms. The summed E-state index contributed by atoms with van der Waals surface area (Å²) in [7, 11) is -3.26. The fraction of sp³-hybridized carbons (Fsp3) is 0.368. The Balaban J connectivity index is 1.57. The molecule has 0 saturated heterocycles. The maximum atomic E-state index is 11.8. The van der Waals surface area contributed by atoms with Gasteiger partial charge in [0.1, 0.15) is 12.4 Å². The fourth-order valence-corrected chi connectivity index (χ4v) is 4.09. The van der Waals surface area contributed by atoms with Gasteiger partial charge in [0.25, 0.3) is 0 Å². The minimum Gasteiger partial charge on any atom is -0.371 e. The molecule has 7 nitrogen and oxygen atoms in total. The third kappa shape index (κ3) is 3.73.